The molecule has 2 saturated carbocycles. The summed E-state index contributed by atoms with van der Waals surface area (Å²) >= 11 is 0. The Morgan fingerprint density at radius 1 is 1.60 bits per heavy atom. The van der Waals surface area contributed by atoms with Crippen molar-refractivity contribution in [3.63, 3.8) is 0 Å². The van der Waals surface area contributed by atoms with Gasteiger partial charge >= 0.3 is 5.97 Å². The number of carboxylic acids is 1. The van der Waals surface area contributed by atoms with E-state index in [9.17, 15) is 4.79 Å². The minimum Gasteiger partial charge on any atom is -0.477 e. The maximum atomic E-state index is 11.1. The number of aromatic nitrogens is 2. The monoisotopic (exact) mass is 206 g/mol. The van der Waals surface area contributed by atoms with Crippen LogP contribution in [-0.4, -0.2) is 20.9 Å². The quantitative estimate of drug-likeness (QED) is 0.822. The van der Waals surface area contributed by atoms with E-state index >= 15 is 0 Å². The Kier molecular flexibility index (Phi) is 1.56. The van der Waals surface area contributed by atoms with Crippen molar-refractivity contribution in [1.82, 2.24) is 9.78 Å². The molecule has 1 aromatic rings. The number of hydrogen-bond acceptors (Lipinski definition) is 2. The van der Waals surface area contributed by atoms with Gasteiger partial charge in [0.1, 0.15) is 5.69 Å². The van der Waals surface area contributed by atoms with Crippen LogP contribution in [-0.2, 0) is 5.41 Å². The zero-order chi connectivity index (χ0) is 10.6. The SMILES string of the molecule is CC1(c2cc(C(=O)O)n(C3CC3)n2)CC1. The van der Waals surface area contributed by atoms with E-state index in [0.29, 0.717) is 11.7 Å². The van der Waals surface area contributed by atoms with Crippen LogP contribution in [0.3, 0.4) is 0 Å². The van der Waals surface area contributed by atoms with Crippen LogP contribution in [0.2, 0.25) is 0 Å². The van der Waals surface area contributed by atoms with Gasteiger partial charge in [-0.3, -0.25) is 4.68 Å². The molecule has 15 heavy (non-hydrogen) atoms. The Morgan fingerprint density at radius 2 is 2.27 bits per heavy atom. The third-order valence-corrected chi connectivity index (χ3v) is 3.47. The van der Waals surface area contributed by atoms with Gasteiger partial charge in [0.05, 0.1) is 11.7 Å². The molecule has 2 aliphatic carbocycles. The van der Waals surface area contributed by atoms with Crippen LogP contribution < -0.4 is 0 Å². The molecule has 80 valence electrons. The van der Waals surface area contributed by atoms with Gasteiger partial charge in [-0.25, -0.2) is 4.79 Å². The van der Waals surface area contributed by atoms with E-state index in [2.05, 4.69) is 12.0 Å². The molecule has 0 radical (unpaired) electrons. The smallest absolute Gasteiger partial charge is 0.354 e. The largest absolute Gasteiger partial charge is 0.477 e. The predicted octanol–water partition coefficient (Wildman–Crippen LogP) is 1.97. The minimum absolute atomic E-state index is 0.157. The molecule has 0 aromatic carbocycles. The van der Waals surface area contributed by atoms with Gasteiger partial charge in [-0.05, 0) is 31.7 Å². The zero-order valence-corrected chi connectivity index (χ0v) is 8.73. The lowest BCUT2D eigenvalue weighted by atomic mass is 10.1. The molecule has 4 nitrogen and oxygen atoms in total. The van der Waals surface area contributed by atoms with Crippen molar-refractivity contribution in [1.29, 1.82) is 0 Å². The van der Waals surface area contributed by atoms with Gasteiger partial charge < -0.3 is 5.11 Å². The lowest BCUT2D eigenvalue weighted by Gasteiger charge is -2.02. The summed E-state index contributed by atoms with van der Waals surface area (Å²) in [5, 5.41) is 13.5. The second kappa shape index (κ2) is 2.62. The molecule has 1 aromatic heterocycles. The molecule has 0 unspecified atom stereocenters. The Labute approximate surface area is 87.9 Å². The first-order valence-electron chi connectivity index (χ1n) is 5.43. The van der Waals surface area contributed by atoms with E-state index in [1.807, 2.05) is 0 Å². The molecule has 1 heterocycles. The Bertz CT molecular complexity index is 428. The summed E-state index contributed by atoms with van der Waals surface area (Å²) in [6.07, 6.45) is 4.40. The van der Waals surface area contributed by atoms with Gasteiger partial charge in [0.15, 0.2) is 0 Å². The topological polar surface area (TPSA) is 55.1 Å². The van der Waals surface area contributed by atoms with Gasteiger partial charge in [0.2, 0.25) is 0 Å². The fraction of sp³-hybridized carbons (Fsp3) is 0.636. The van der Waals surface area contributed by atoms with Crippen molar-refractivity contribution < 1.29 is 9.90 Å². The second-order valence-electron chi connectivity index (χ2n) is 4.96. The number of hydrogen-bond donors (Lipinski definition) is 1. The van der Waals surface area contributed by atoms with Crippen LogP contribution in [0.1, 0.15) is 54.8 Å². The van der Waals surface area contributed by atoms with Crippen LogP contribution in [0, 0.1) is 0 Å². The van der Waals surface area contributed by atoms with E-state index in [-0.39, 0.29) is 5.41 Å². The van der Waals surface area contributed by atoms with Gasteiger partial charge in [0.25, 0.3) is 0 Å². The summed E-state index contributed by atoms with van der Waals surface area (Å²) in [6.45, 7) is 2.15. The van der Waals surface area contributed by atoms with E-state index in [4.69, 9.17) is 5.11 Å². The first kappa shape index (κ1) is 8.95. The summed E-state index contributed by atoms with van der Waals surface area (Å²) in [6, 6.07) is 2.10. The predicted molar refractivity (Wildman–Crippen MR) is 54.0 cm³/mol. The number of carbonyl (C=O) groups is 1. The fourth-order valence-electron chi connectivity index (χ4n) is 1.89. The molecule has 0 saturated heterocycles. The van der Waals surface area contributed by atoms with Crippen molar-refractivity contribution in [2.24, 2.45) is 0 Å². The standard InChI is InChI=1S/C11H14N2O2/c1-11(4-5-11)9-6-8(10(14)15)13(12-9)7-2-3-7/h6-7H,2-5H2,1H3,(H,14,15). The van der Waals surface area contributed by atoms with Crippen molar-refractivity contribution in [2.75, 3.05) is 0 Å². The lowest BCUT2D eigenvalue weighted by molar-refractivity contribution is 0.0683. The molecule has 0 amide bonds. The van der Waals surface area contributed by atoms with Gasteiger partial charge in [0, 0.05) is 5.41 Å². The molecule has 0 atom stereocenters. The molecule has 3 rings (SSSR count). The first-order valence-corrected chi connectivity index (χ1v) is 5.43. The average molecular weight is 206 g/mol. The Hall–Kier alpha value is -1.32. The van der Waals surface area contributed by atoms with E-state index in [1.165, 1.54) is 0 Å². The highest BCUT2D eigenvalue weighted by atomic mass is 16.4. The molecule has 0 spiro atoms. The second-order valence-corrected chi connectivity index (χ2v) is 4.96. The summed E-state index contributed by atoms with van der Waals surface area (Å²) < 4.78 is 1.71. The number of aromatic carboxylic acids is 1. The number of rotatable bonds is 3. The van der Waals surface area contributed by atoms with Crippen LogP contribution in [0.15, 0.2) is 6.07 Å². The summed E-state index contributed by atoms with van der Waals surface area (Å²) in [5.74, 6) is -0.857. The molecular weight excluding hydrogens is 192 g/mol. The zero-order valence-electron chi connectivity index (χ0n) is 8.73. The molecule has 0 bridgehead atoms. The molecule has 1 N–H and O–H groups in total. The Balaban J connectivity index is 2.04. The van der Waals surface area contributed by atoms with Crippen molar-refractivity contribution in [3.8, 4) is 0 Å². The van der Waals surface area contributed by atoms with E-state index in [0.717, 1.165) is 31.4 Å². The minimum atomic E-state index is -0.857. The molecule has 2 fully saturated rings. The Morgan fingerprint density at radius 3 is 2.73 bits per heavy atom. The highest BCUT2D eigenvalue weighted by Gasteiger charge is 2.43. The lowest BCUT2D eigenvalue weighted by Crippen LogP contribution is -2.08. The highest BCUT2D eigenvalue weighted by molar-refractivity contribution is 5.86. The van der Waals surface area contributed by atoms with Crippen molar-refractivity contribution in [3.05, 3.63) is 17.5 Å². The fourth-order valence-corrected chi connectivity index (χ4v) is 1.89. The maximum Gasteiger partial charge on any atom is 0.354 e. The van der Waals surface area contributed by atoms with Crippen LogP contribution in [0.25, 0.3) is 0 Å². The first-order chi connectivity index (χ1) is 7.10. The van der Waals surface area contributed by atoms with E-state index in [1.54, 1.807) is 10.7 Å². The molecular formula is C11H14N2O2. The molecule has 2 aliphatic rings. The third-order valence-electron chi connectivity index (χ3n) is 3.47. The highest BCUT2D eigenvalue weighted by Crippen LogP contribution is 2.48. The summed E-state index contributed by atoms with van der Waals surface area (Å²) in [7, 11) is 0. The summed E-state index contributed by atoms with van der Waals surface area (Å²) in [4.78, 5) is 11.1. The number of carboxylic acid groups (broad SMARTS) is 1. The normalized spacial score (nSPS) is 22.7. The van der Waals surface area contributed by atoms with Crippen molar-refractivity contribution >= 4 is 5.97 Å². The maximum absolute atomic E-state index is 11.1. The van der Waals surface area contributed by atoms with Crippen LogP contribution >= 0.6 is 0 Å². The van der Waals surface area contributed by atoms with Crippen LogP contribution in [0.5, 0.6) is 0 Å². The van der Waals surface area contributed by atoms with Gasteiger partial charge in [-0.1, -0.05) is 6.92 Å². The van der Waals surface area contributed by atoms with Gasteiger partial charge in [-0.2, -0.15) is 5.10 Å². The summed E-state index contributed by atoms with van der Waals surface area (Å²) in [5.41, 5.74) is 1.48. The van der Waals surface area contributed by atoms with Crippen LogP contribution in [0.4, 0.5) is 0 Å². The average Bonchev–Trinajstić information content (AvgIpc) is 3.09. The third kappa shape index (κ3) is 1.35. The molecule has 4 heteroatoms. The molecule has 0 aliphatic heterocycles. The van der Waals surface area contributed by atoms with Gasteiger partial charge in [-0.15, -0.1) is 0 Å². The van der Waals surface area contributed by atoms with E-state index < -0.39 is 5.97 Å². The number of nitrogens with zero attached hydrogens (tertiary/aromatic N) is 2. The van der Waals surface area contributed by atoms with Crippen molar-refractivity contribution in [2.45, 2.75) is 44.1 Å².